The first-order chi connectivity index (χ1) is 13.5. The average molecular weight is 374 g/mol. The lowest BCUT2D eigenvalue weighted by Gasteiger charge is -2.16. The molecule has 4 rings (SSSR count). The normalized spacial score (nSPS) is 12.9. The van der Waals surface area contributed by atoms with Crippen molar-refractivity contribution in [2.45, 2.75) is 6.92 Å². The van der Waals surface area contributed by atoms with Gasteiger partial charge in [-0.25, -0.2) is 9.29 Å². The van der Waals surface area contributed by atoms with E-state index in [1.807, 2.05) is 19.1 Å². The standard InChI is InChI=1S/C22H15FN2O3/c1-13-5-2-3-8-19(13)25-21(27)17-10-9-14(11-18(17)22(25)28)20(26)24-16-7-4-6-15(23)12-16/h2-12H,1H3,(H,24,26). The van der Waals surface area contributed by atoms with Crippen molar-refractivity contribution in [1.82, 2.24) is 0 Å². The van der Waals surface area contributed by atoms with Gasteiger partial charge in [0, 0.05) is 11.3 Å². The fraction of sp³-hybridized carbons (Fsp3) is 0.0455. The van der Waals surface area contributed by atoms with Gasteiger partial charge in [-0.15, -0.1) is 0 Å². The number of anilines is 2. The Morgan fingerprint density at radius 2 is 1.64 bits per heavy atom. The van der Waals surface area contributed by atoms with E-state index >= 15 is 0 Å². The van der Waals surface area contributed by atoms with Gasteiger partial charge >= 0.3 is 0 Å². The molecular formula is C22H15FN2O3. The molecule has 1 aliphatic rings. The van der Waals surface area contributed by atoms with E-state index in [2.05, 4.69) is 5.32 Å². The molecule has 1 heterocycles. The summed E-state index contributed by atoms with van der Waals surface area (Å²) in [4.78, 5) is 39.2. The number of aryl methyl sites for hydroxylation is 1. The third kappa shape index (κ3) is 2.95. The summed E-state index contributed by atoms with van der Waals surface area (Å²) >= 11 is 0. The number of carbonyl (C=O) groups is 3. The Morgan fingerprint density at radius 3 is 2.39 bits per heavy atom. The predicted molar refractivity (Wildman–Crippen MR) is 103 cm³/mol. The number of benzene rings is 3. The van der Waals surface area contributed by atoms with Crippen molar-refractivity contribution in [3.63, 3.8) is 0 Å². The van der Waals surface area contributed by atoms with Crippen LogP contribution in [0.1, 0.15) is 36.6 Å². The highest BCUT2D eigenvalue weighted by atomic mass is 19.1. The summed E-state index contributed by atoms with van der Waals surface area (Å²) in [6, 6.07) is 16.9. The van der Waals surface area contributed by atoms with Gasteiger partial charge in [-0.1, -0.05) is 24.3 Å². The molecule has 3 amide bonds. The number of hydrogen-bond donors (Lipinski definition) is 1. The highest BCUT2D eigenvalue weighted by Crippen LogP contribution is 2.31. The van der Waals surface area contributed by atoms with E-state index in [9.17, 15) is 18.8 Å². The van der Waals surface area contributed by atoms with E-state index in [0.29, 0.717) is 11.4 Å². The van der Waals surface area contributed by atoms with Gasteiger partial charge in [0.05, 0.1) is 16.8 Å². The summed E-state index contributed by atoms with van der Waals surface area (Å²) in [7, 11) is 0. The van der Waals surface area contributed by atoms with Crippen LogP contribution in [0.2, 0.25) is 0 Å². The number of imide groups is 1. The highest BCUT2D eigenvalue weighted by molar-refractivity contribution is 6.35. The van der Waals surface area contributed by atoms with Crippen molar-refractivity contribution in [2.75, 3.05) is 10.2 Å². The maximum atomic E-state index is 13.3. The van der Waals surface area contributed by atoms with Crippen LogP contribution in [0.3, 0.4) is 0 Å². The van der Waals surface area contributed by atoms with Crippen molar-refractivity contribution in [1.29, 1.82) is 0 Å². The topological polar surface area (TPSA) is 66.5 Å². The van der Waals surface area contributed by atoms with Gasteiger partial charge in [0.15, 0.2) is 0 Å². The summed E-state index contributed by atoms with van der Waals surface area (Å²) in [5.41, 5.74) is 2.22. The van der Waals surface area contributed by atoms with Crippen LogP contribution in [-0.4, -0.2) is 17.7 Å². The Hall–Kier alpha value is -3.80. The third-order valence-electron chi connectivity index (χ3n) is 4.59. The second-order valence-corrected chi connectivity index (χ2v) is 6.46. The molecule has 0 unspecified atom stereocenters. The van der Waals surface area contributed by atoms with Crippen LogP contribution in [0.15, 0.2) is 66.7 Å². The Balaban J connectivity index is 1.65. The smallest absolute Gasteiger partial charge is 0.266 e. The zero-order chi connectivity index (χ0) is 19.8. The van der Waals surface area contributed by atoms with Crippen molar-refractivity contribution in [3.05, 3.63) is 94.8 Å². The number of nitrogens with zero attached hydrogens (tertiary/aromatic N) is 1. The first-order valence-electron chi connectivity index (χ1n) is 8.61. The number of fused-ring (bicyclic) bond motifs is 1. The lowest BCUT2D eigenvalue weighted by Crippen LogP contribution is -2.29. The molecule has 1 N–H and O–H groups in total. The lowest BCUT2D eigenvalue weighted by atomic mass is 10.1. The van der Waals surface area contributed by atoms with Crippen LogP contribution in [0.4, 0.5) is 15.8 Å². The van der Waals surface area contributed by atoms with Crippen LogP contribution >= 0.6 is 0 Å². The SMILES string of the molecule is Cc1ccccc1N1C(=O)c2ccc(C(=O)Nc3cccc(F)c3)cc2C1=O. The summed E-state index contributed by atoms with van der Waals surface area (Å²) < 4.78 is 13.3. The molecule has 138 valence electrons. The van der Waals surface area contributed by atoms with Crippen LogP contribution in [-0.2, 0) is 0 Å². The van der Waals surface area contributed by atoms with Gasteiger partial charge < -0.3 is 5.32 Å². The molecule has 1 aliphatic heterocycles. The molecule has 0 saturated carbocycles. The van der Waals surface area contributed by atoms with Crippen LogP contribution < -0.4 is 10.2 Å². The predicted octanol–water partition coefficient (Wildman–Crippen LogP) is 4.19. The van der Waals surface area contributed by atoms with E-state index in [-0.39, 0.29) is 16.7 Å². The molecule has 6 heteroatoms. The van der Waals surface area contributed by atoms with Gasteiger partial charge in [0.1, 0.15) is 5.82 Å². The van der Waals surface area contributed by atoms with Crippen molar-refractivity contribution in [3.8, 4) is 0 Å². The Morgan fingerprint density at radius 1 is 0.893 bits per heavy atom. The maximum absolute atomic E-state index is 13.3. The number of para-hydroxylation sites is 1. The van der Waals surface area contributed by atoms with Crippen molar-refractivity contribution in [2.24, 2.45) is 0 Å². The monoisotopic (exact) mass is 374 g/mol. The van der Waals surface area contributed by atoms with Gasteiger partial charge in [-0.2, -0.15) is 0 Å². The average Bonchev–Trinajstić information content (AvgIpc) is 2.92. The van der Waals surface area contributed by atoms with E-state index in [1.165, 1.54) is 36.4 Å². The zero-order valence-corrected chi connectivity index (χ0v) is 14.9. The van der Waals surface area contributed by atoms with Crippen molar-refractivity contribution < 1.29 is 18.8 Å². The zero-order valence-electron chi connectivity index (χ0n) is 14.9. The number of hydrogen-bond acceptors (Lipinski definition) is 3. The van der Waals surface area contributed by atoms with E-state index in [4.69, 9.17) is 0 Å². The number of carbonyl (C=O) groups excluding carboxylic acids is 3. The number of halogens is 1. The molecule has 3 aromatic rings. The molecule has 5 nitrogen and oxygen atoms in total. The summed E-state index contributed by atoms with van der Waals surface area (Å²) in [6.45, 7) is 1.82. The van der Waals surface area contributed by atoms with Gasteiger partial charge in [0.25, 0.3) is 17.7 Å². The minimum absolute atomic E-state index is 0.167. The molecule has 0 radical (unpaired) electrons. The molecule has 0 bridgehead atoms. The largest absolute Gasteiger partial charge is 0.322 e. The number of rotatable bonds is 3. The van der Waals surface area contributed by atoms with Crippen molar-refractivity contribution >= 4 is 29.1 Å². The summed E-state index contributed by atoms with van der Waals surface area (Å²) in [5.74, 6) is -1.87. The third-order valence-corrected chi connectivity index (χ3v) is 4.59. The Labute approximate surface area is 160 Å². The Kier molecular flexibility index (Phi) is 4.24. The minimum Gasteiger partial charge on any atom is -0.322 e. The summed E-state index contributed by atoms with van der Waals surface area (Å²) in [5, 5.41) is 2.58. The molecule has 0 atom stereocenters. The number of amides is 3. The van der Waals surface area contributed by atoms with E-state index < -0.39 is 23.5 Å². The van der Waals surface area contributed by atoms with E-state index in [0.717, 1.165) is 10.5 Å². The van der Waals surface area contributed by atoms with Crippen LogP contribution in [0.25, 0.3) is 0 Å². The first kappa shape index (κ1) is 17.6. The first-order valence-corrected chi connectivity index (χ1v) is 8.61. The van der Waals surface area contributed by atoms with Crippen LogP contribution in [0.5, 0.6) is 0 Å². The second kappa shape index (κ2) is 6.74. The molecule has 0 spiro atoms. The van der Waals surface area contributed by atoms with E-state index in [1.54, 1.807) is 18.2 Å². The maximum Gasteiger partial charge on any atom is 0.266 e. The second-order valence-electron chi connectivity index (χ2n) is 6.46. The molecule has 0 fully saturated rings. The quantitative estimate of drug-likeness (QED) is 0.699. The van der Waals surface area contributed by atoms with Gasteiger partial charge in [-0.3, -0.25) is 14.4 Å². The molecule has 0 aliphatic carbocycles. The molecular weight excluding hydrogens is 359 g/mol. The van der Waals surface area contributed by atoms with Gasteiger partial charge in [-0.05, 0) is 55.0 Å². The molecule has 28 heavy (non-hydrogen) atoms. The number of nitrogens with one attached hydrogen (secondary N) is 1. The Bertz CT molecular complexity index is 1140. The highest BCUT2D eigenvalue weighted by Gasteiger charge is 2.37. The fourth-order valence-corrected chi connectivity index (χ4v) is 3.18. The van der Waals surface area contributed by atoms with Gasteiger partial charge in [0.2, 0.25) is 0 Å². The minimum atomic E-state index is -0.497. The fourth-order valence-electron chi connectivity index (χ4n) is 3.18. The molecule has 0 aromatic heterocycles. The molecule has 3 aromatic carbocycles. The summed E-state index contributed by atoms with van der Waals surface area (Å²) in [6.07, 6.45) is 0. The molecule has 0 saturated heterocycles. The lowest BCUT2D eigenvalue weighted by molar-refractivity contribution is 0.0925. The van der Waals surface area contributed by atoms with Crippen LogP contribution in [0, 0.1) is 12.7 Å².